The second-order valence-electron chi connectivity index (χ2n) is 6.16. The van der Waals surface area contributed by atoms with Crippen LogP contribution in [0.3, 0.4) is 0 Å². The standard InChI is InChI=1S/C22H23NO2/c1-4-5-14-24-20-12-10-19(11-13-20)22-15-21(23-25-22)18-8-6-17(7-9-18)16(2)3/h6-13,15H,2,4-5,14H2,1,3H3. The number of aromatic nitrogens is 1. The maximum Gasteiger partial charge on any atom is 0.167 e. The summed E-state index contributed by atoms with van der Waals surface area (Å²) in [5.74, 6) is 1.63. The second-order valence-corrected chi connectivity index (χ2v) is 6.16. The molecule has 0 atom stereocenters. The van der Waals surface area contributed by atoms with Crippen LogP contribution in [-0.4, -0.2) is 11.8 Å². The molecule has 0 unspecified atom stereocenters. The lowest BCUT2D eigenvalue weighted by molar-refractivity contribution is 0.309. The summed E-state index contributed by atoms with van der Waals surface area (Å²) in [5.41, 5.74) is 5.02. The van der Waals surface area contributed by atoms with Crippen LogP contribution in [0.15, 0.2) is 65.7 Å². The van der Waals surface area contributed by atoms with E-state index in [9.17, 15) is 0 Å². The summed E-state index contributed by atoms with van der Waals surface area (Å²) in [6, 6.07) is 18.1. The van der Waals surface area contributed by atoms with Crippen molar-refractivity contribution in [3.8, 4) is 28.3 Å². The first kappa shape index (κ1) is 17.0. The molecule has 0 aliphatic rings. The molecule has 128 valence electrons. The summed E-state index contributed by atoms with van der Waals surface area (Å²) in [6.07, 6.45) is 2.20. The maximum atomic E-state index is 5.69. The van der Waals surface area contributed by atoms with Gasteiger partial charge in [0.1, 0.15) is 11.4 Å². The second kappa shape index (κ2) is 7.84. The minimum absolute atomic E-state index is 0.749. The number of hydrogen-bond acceptors (Lipinski definition) is 3. The molecule has 0 fully saturated rings. The van der Waals surface area contributed by atoms with Crippen molar-refractivity contribution < 1.29 is 9.26 Å². The van der Waals surface area contributed by atoms with Crippen LogP contribution < -0.4 is 4.74 Å². The molecular formula is C22H23NO2. The highest BCUT2D eigenvalue weighted by atomic mass is 16.5. The Balaban J connectivity index is 1.73. The molecule has 0 saturated carbocycles. The first-order valence-corrected chi connectivity index (χ1v) is 8.63. The molecule has 25 heavy (non-hydrogen) atoms. The van der Waals surface area contributed by atoms with E-state index in [0.29, 0.717) is 0 Å². The van der Waals surface area contributed by atoms with E-state index in [1.807, 2.05) is 49.4 Å². The van der Waals surface area contributed by atoms with Crippen LogP contribution in [-0.2, 0) is 0 Å². The Morgan fingerprint density at radius 3 is 2.36 bits per heavy atom. The van der Waals surface area contributed by atoms with Crippen LogP contribution in [0.4, 0.5) is 0 Å². The summed E-state index contributed by atoms with van der Waals surface area (Å²) in [6.45, 7) is 8.86. The maximum absolute atomic E-state index is 5.69. The number of allylic oxidation sites excluding steroid dienone is 1. The van der Waals surface area contributed by atoms with Crippen LogP contribution >= 0.6 is 0 Å². The molecule has 0 amide bonds. The number of unbranched alkanes of at least 4 members (excludes halogenated alkanes) is 1. The van der Waals surface area contributed by atoms with Crippen molar-refractivity contribution >= 4 is 5.57 Å². The Morgan fingerprint density at radius 2 is 1.72 bits per heavy atom. The average Bonchev–Trinajstić information content (AvgIpc) is 3.13. The number of hydrogen-bond donors (Lipinski definition) is 0. The molecule has 0 radical (unpaired) electrons. The van der Waals surface area contributed by atoms with Gasteiger partial charge >= 0.3 is 0 Å². The molecule has 1 heterocycles. The van der Waals surface area contributed by atoms with Crippen LogP contribution in [0.1, 0.15) is 32.3 Å². The van der Waals surface area contributed by atoms with E-state index in [0.717, 1.165) is 58.9 Å². The molecule has 3 nitrogen and oxygen atoms in total. The van der Waals surface area contributed by atoms with E-state index in [1.54, 1.807) is 0 Å². The molecule has 0 bridgehead atoms. The monoisotopic (exact) mass is 333 g/mol. The van der Waals surface area contributed by atoms with Crippen LogP contribution in [0.25, 0.3) is 28.2 Å². The van der Waals surface area contributed by atoms with E-state index in [1.165, 1.54) is 0 Å². The number of ether oxygens (including phenoxy) is 1. The Kier molecular flexibility index (Phi) is 5.34. The predicted octanol–water partition coefficient (Wildman–Crippen LogP) is 6.22. The van der Waals surface area contributed by atoms with E-state index in [2.05, 4.69) is 30.8 Å². The largest absolute Gasteiger partial charge is 0.494 e. The Labute approximate surface area is 148 Å². The van der Waals surface area contributed by atoms with E-state index >= 15 is 0 Å². The fourth-order valence-electron chi connectivity index (χ4n) is 2.52. The SMILES string of the molecule is C=C(C)c1ccc(-c2cc(-c3ccc(OCCCC)cc3)on2)cc1. The molecule has 0 saturated heterocycles. The third-order valence-electron chi connectivity index (χ3n) is 4.09. The summed E-state index contributed by atoms with van der Waals surface area (Å²) in [4.78, 5) is 0. The van der Waals surface area contributed by atoms with Gasteiger partial charge in [0.15, 0.2) is 5.76 Å². The lowest BCUT2D eigenvalue weighted by atomic mass is 10.0. The summed E-state index contributed by atoms with van der Waals surface area (Å²) in [5, 5.41) is 4.19. The van der Waals surface area contributed by atoms with Crippen molar-refractivity contribution in [2.75, 3.05) is 6.61 Å². The van der Waals surface area contributed by atoms with Gasteiger partial charge in [0.25, 0.3) is 0 Å². The lowest BCUT2D eigenvalue weighted by Crippen LogP contribution is -1.95. The molecular weight excluding hydrogens is 310 g/mol. The highest BCUT2D eigenvalue weighted by molar-refractivity contribution is 5.69. The van der Waals surface area contributed by atoms with Crippen LogP contribution in [0.2, 0.25) is 0 Å². The van der Waals surface area contributed by atoms with Crippen LogP contribution in [0.5, 0.6) is 5.75 Å². The third kappa shape index (κ3) is 4.18. The van der Waals surface area contributed by atoms with Crippen molar-refractivity contribution in [3.05, 3.63) is 66.7 Å². The third-order valence-corrected chi connectivity index (χ3v) is 4.09. The molecule has 1 aromatic heterocycles. The van der Waals surface area contributed by atoms with E-state index in [4.69, 9.17) is 9.26 Å². The summed E-state index contributed by atoms with van der Waals surface area (Å²) >= 11 is 0. The quantitative estimate of drug-likeness (QED) is 0.481. The molecule has 3 rings (SSSR count). The summed E-state index contributed by atoms with van der Waals surface area (Å²) < 4.78 is 11.2. The fraction of sp³-hybridized carbons (Fsp3) is 0.227. The molecule has 0 aliphatic carbocycles. The smallest absolute Gasteiger partial charge is 0.167 e. The zero-order chi connectivity index (χ0) is 17.6. The normalized spacial score (nSPS) is 10.6. The number of nitrogens with zero attached hydrogens (tertiary/aromatic N) is 1. The van der Waals surface area contributed by atoms with Gasteiger partial charge in [-0.2, -0.15) is 0 Å². The van der Waals surface area contributed by atoms with Crippen molar-refractivity contribution in [2.45, 2.75) is 26.7 Å². The van der Waals surface area contributed by atoms with Gasteiger partial charge in [-0.15, -0.1) is 0 Å². The highest BCUT2D eigenvalue weighted by Crippen LogP contribution is 2.28. The van der Waals surface area contributed by atoms with Gasteiger partial charge in [0, 0.05) is 17.2 Å². The molecule has 0 spiro atoms. The molecule has 0 N–H and O–H groups in total. The Bertz CT molecular complexity index is 829. The van der Waals surface area contributed by atoms with Gasteiger partial charge < -0.3 is 9.26 Å². The fourth-order valence-corrected chi connectivity index (χ4v) is 2.52. The first-order valence-electron chi connectivity index (χ1n) is 8.63. The summed E-state index contributed by atoms with van der Waals surface area (Å²) in [7, 11) is 0. The van der Waals surface area contributed by atoms with Crippen molar-refractivity contribution in [1.29, 1.82) is 0 Å². The van der Waals surface area contributed by atoms with Gasteiger partial charge in [0.05, 0.1) is 6.61 Å². The van der Waals surface area contributed by atoms with E-state index < -0.39 is 0 Å². The van der Waals surface area contributed by atoms with Crippen molar-refractivity contribution in [3.63, 3.8) is 0 Å². The van der Waals surface area contributed by atoms with Gasteiger partial charge in [-0.25, -0.2) is 0 Å². The topological polar surface area (TPSA) is 35.3 Å². The number of rotatable bonds is 7. The Hall–Kier alpha value is -2.81. The predicted molar refractivity (Wildman–Crippen MR) is 102 cm³/mol. The lowest BCUT2D eigenvalue weighted by Gasteiger charge is -2.05. The molecule has 2 aromatic carbocycles. The minimum Gasteiger partial charge on any atom is -0.494 e. The van der Waals surface area contributed by atoms with Gasteiger partial charge in [0.2, 0.25) is 0 Å². The highest BCUT2D eigenvalue weighted by Gasteiger charge is 2.09. The van der Waals surface area contributed by atoms with Gasteiger partial charge in [-0.05, 0) is 43.2 Å². The van der Waals surface area contributed by atoms with E-state index in [-0.39, 0.29) is 0 Å². The zero-order valence-electron chi connectivity index (χ0n) is 14.8. The van der Waals surface area contributed by atoms with Crippen LogP contribution in [0, 0.1) is 0 Å². The molecule has 0 aliphatic heterocycles. The van der Waals surface area contributed by atoms with Crippen molar-refractivity contribution in [2.24, 2.45) is 0 Å². The average molecular weight is 333 g/mol. The Morgan fingerprint density at radius 1 is 1.04 bits per heavy atom. The minimum atomic E-state index is 0.749. The molecule has 3 heteroatoms. The van der Waals surface area contributed by atoms with Gasteiger partial charge in [-0.1, -0.05) is 54.9 Å². The number of benzene rings is 2. The molecule has 3 aromatic rings. The first-order chi connectivity index (χ1) is 12.2. The van der Waals surface area contributed by atoms with Crippen molar-refractivity contribution in [1.82, 2.24) is 5.16 Å². The zero-order valence-corrected chi connectivity index (χ0v) is 14.8. The van der Waals surface area contributed by atoms with Gasteiger partial charge in [-0.3, -0.25) is 0 Å².